The van der Waals surface area contributed by atoms with Crippen LogP contribution in [0.4, 0.5) is 5.69 Å². The molecular formula is C21H29N3O3. The smallest absolute Gasteiger partial charge is 0.234 e. The van der Waals surface area contributed by atoms with Gasteiger partial charge in [-0.25, -0.2) is 0 Å². The van der Waals surface area contributed by atoms with Crippen molar-refractivity contribution in [3.05, 3.63) is 53.6 Å². The molecule has 0 aromatic heterocycles. The third-order valence-corrected chi connectivity index (χ3v) is 4.29. The minimum Gasteiger partial charge on any atom is -0.497 e. The molecule has 0 aliphatic rings. The highest BCUT2D eigenvalue weighted by atomic mass is 16.5. The number of anilines is 1. The molecule has 2 aromatic carbocycles. The SMILES string of the molecule is COc1ccc(CN(C)CC(=O)NCc2ccc(N(C)C)cc2)c(OC)c1. The summed E-state index contributed by atoms with van der Waals surface area (Å²) in [5, 5.41) is 2.97. The van der Waals surface area contributed by atoms with Gasteiger partial charge in [0.15, 0.2) is 0 Å². The van der Waals surface area contributed by atoms with Crippen molar-refractivity contribution < 1.29 is 14.3 Å². The van der Waals surface area contributed by atoms with Crippen molar-refractivity contribution >= 4 is 11.6 Å². The minimum absolute atomic E-state index is 0.0123. The normalized spacial score (nSPS) is 10.6. The molecule has 146 valence electrons. The van der Waals surface area contributed by atoms with Gasteiger partial charge in [0.25, 0.3) is 0 Å². The first-order valence-electron chi connectivity index (χ1n) is 8.85. The molecule has 2 rings (SSSR count). The zero-order valence-electron chi connectivity index (χ0n) is 16.8. The average molecular weight is 371 g/mol. The summed E-state index contributed by atoms with van der Waals surface area (Å²) in [4.78, 5) is 16.2. The van der Waals surface area contributed by atoms with Crippen LogP contribution in [0, 0.1) is 0 Å². The fourth-order valence-corrected chi connectivity index (χ4v) is 2.74. The molecule has 2 aromatic rings. The van der Waals surface area contributed by atoms with E-state index in [1.807, 2.05) is 73.4 Å². The van der Waals surface area contributed by atoms with E-state index < -0.39 is 0 Å². The predicted molar refractivity (Wildman–Crippen MR) is 108 cm³/mol. The summed E-state index contributed by atoms with van der Waals surface area (Å²) in [7, 11) is 9.18. The van der Waals surface area contributed by atoms with Crippen molar-refractivity contribution in [2.24, 2.45) is 0 Å². The number of hydrogen-bond acceptors (Lipinski definition) is 5. The fourth-order valence-electron chi connectivity index (χ4n) is 2.74. The molecule has 0 aliphatic heterocycles. The topological polar surface area (TPSA) is 54.0 Å². The summed E-state index contributed by atoms with van der Waals surface area (Å²) in [5.41, 5.74) is 3.22. The van der Waals surface area contributed by atoms with Crippen LogP contribution >= 0.6 is 0 Å². The van der Waals surface area contributed by atoms with Crippen molar-refractivity contribution in [3.8, 4) is 11.5 Å². The zero-order chi connectivity index (χ0) is 19.8. The number of benzene rings is 2. The Balaban J connectivity index is 1.85. The quantitative estimate of drug-likeness (QED) is 0.734. The molecule has 0 heterocycles. The third-order valence-electron chi connectivity index (χ3n) is 4.29. The number of likely N-dealkylation sites (N-methyl/N-ethyl adjacent to an activating group) is 1. The lowest BCUT2D eigenvalue weighted by Gasteiger charge is -2.18. The number of carbonyl (C=O) groups excluding carboxylic acids is 1. The van der Waals surface area contributed by atoms with Gasteiger partial charge >= 0.3 is 0 Å². The lowest BCUT2D eigenvalue weighted by atomic mass is 10.1. The van der Waals surface area contributed by atoms with E-state index in [1.54, 1.807) is 14.2 Å². The first kappa shape index (κ1) is 20.6. The molecule has 27 heavy (non-hydrogen) atoms. The number of rotatable bonds is 9. The van der Waals surface area contributed by atoms with Gasteiger partial charge in [-0.05, 0) is 30.8 Å². The first-order chi connectivity index (χ1) is 12.9. The maximum absolute atomic E-state index is 12.2. The molecule has 0 saturated carbocycles. The van der Waals surface area contributed by atoms with Crippen LogP contribution in [0.3, 0.4) is 0 Å². The minimum atomic E-state index is -0.0123. The van der Waals surface area contributed by atoms with E-state index in [1.165, 1.54) is 0 Å². The lowest BCUT2D eigenvalue weighted by molar-refractivity contribution is -0.122. The lowest BCUT2D eigenvalue weighted by Crippen LogP contribution is -2.34. The highest BCUT2D eigenvalue weighted by Crippen LogP contribution is 2.25. The van der Waals surface area contributed by atoms with Crippen LogP contribution < -0.4 is 19.7 Å². The molecule has 0 unspecified atom stereocenters. The Labute approximate surface area is 161 Å². The second-order valence-electron chi connectivity index (χ2n) is 6.69. The Morgan fingerprint density at radius 2 is 1.70 bits per heavy atom. The highest BCUT2D eigenvalue weighted by molar-refractivity contribution is 5.78. The second-order valence-corrected chi connectivity index (χ2v) is 6.69. The second kappa shape index (κ2) is 9.83. The molecule has 6 nitrogen and oxygen atoms in total. The number of nitrogens with one attached hydrogen (secondary N) is 1. The summed E-state index contributed by atoms with van der Waals surface area (Å²) < 4.78 is 10.6. The van der Waals surface area contributed by atoms with E-state index in [4.69, 9.17) is 9.47 Å². The Morgan fingerprint density at radius 1 is 1.00 bits per heavy atom. The number of nitrogens with zero attached hydrogens (tertiary/aromatic N) is 2. The molecule has 1 amide bonds. The molecule has 0 aliphatic carbocycles. The predicted octanol–water partition coefficient (Wildman–Crippen LogP) is 2.52. The number of amides is 1. The number of methoxy groups -OCH3 is 2. The van der Waals surface area contributed by atoms with Crippen LogP contribution in [0.1, 0.15) is 11.1 Å². The van der Waals surface area contributed by atoms with Gasteiger partial charge in [0, 0.05) is 44.5 Å². The first-order valence-corrected chi connectivity index (χ1v) is 8.85. The zero-order valence-corrected chi connectivity index (χ0v) is 16.8. The Hall–Kier alpha value is -2.73. The molecular weight excluding hydrogens is 342 g/mol. The molecule has 6 heteroatoms. The van der Waals surface area contributed by atoms with E-state index in [2.05, 4.69) is 5.32 Å². The van der Waals surface area contributed by atoms with Gasteiger partial charge in [-0.1, -0.05) is 18.2 Å². The highest BCUT2D eigenvalue weighted by Gasteiger charge is 2.11. The molecule has 0 saturated heterocycles. The molecule has 0 radical (unpaired) electrons. The van der Waals surface area contributed by atoms with Crippen molar-refractivity contribution in [2.75, 3.05) is 46.8 Å². The monoisotopic (exact) mass is 371 g/mol. The Kier molecular flexibility index (Phi) is 7.49. The fraction of sp³-hybridized carbons (Fsp3) is 0.381. The summed E-state index contributed by atoms with van der Waals surface area (Å²) in [6.07, 6.45) is 0. The largest absolute Gasteiger partial charge is 0.497 e. The Bertz CT molecular complexity index is 745. The van der Waals surface area contributed by atoms with Crippen LogP contribution in [0.15, 0.2) is 42.5 Å². The molecule has 0 atom stereocenters. The number of ether oxygens (including phenoxy) is 2. The third kappa shape index (κ3) is 6.18. The van der Waals surface area contributed by atoms with E-state index >= 15 is 0 Å². The molecule has 0 spiro atoms. The van der Waals surface area contributed by atoms with Crippen molar-refractivity contribution in [3.63, 3.8) is 0 Å². The standard InChI is InChI=1S/C21H29N3O3/c1-23(2)18-9-6-16(7-10-18)13-22-21(25)15-24(3)14-17-8-11-19(26-4)12-20(17)27-5/h6-12H,13-15H2,1-5H3,(H,22,25). The molecule has 0 bridgehead atoms. The van der Waals surface area contributed by atoms with Crippen molar-refractivity contribution in [1.29, 1.82) is 0 Å². The van der Waals surface area contributed by atoms with Gasteiger partial charge in [0.05, 0.1) is 20.8 Å². The van der Waals surface area contributed by atoms with E-state index in [0.29, 0.717) is 19.6 Å². The number of hydrogen-bond donors (Lipinski definition) is 1. The van der Waals surface area contributed by atoms with Crippen LogP contribution in [0.25, 0.3) is 0 Å². The van der Waals surface area contributed by atoms with E-state index in [0.717, 1.165) is 28.3 Å². The van der Waals surface area contributed by atoms with Gasteiger partial charge in [0.2, 0.25) is 5.91 Å². The number of carbonyl (C=O) groups is 1. The maximum atomic E-state index is 12.2. The van der Waals surface area contributed by atoms with Crippen molar-refractivity contribution in [1.82, 2.24) is 10.2 Å². The summed E-state index contributed by atoms with van der Waals surface area (Å²) in [6.45, 7) is 1.44. The van der Waals surface area contributed by atoms with Crippen LogP contribution in [-0.2, 0) is 17.9 Å². The molecule has 1 N–H and O–H groups in total. The van der Waals surface area contributed by atoms with Gasteiger partial charge in [0.1, 0.15) is 11.5 Å². The maximum Gasteiger partial charge on any atom is 0.234 e. The van der Waals surface area contributed by atoms with E-state index in [-0.39, 0.29) is 5.91 Å². The van der Waals surface area contributed by atoms with Crippen molar-refractivity contribution in [2.45, 2.75) is 13.1 Å². The van der Waals surface area contributed by atoms with Crippen LogP contribution in [0.5, 0.6) is 11.5 Å². The van der Waals surface area contributed by atoms with Gasteiger partial charge in [-0.15, -0.1) is 0 Å². The summed E-state index contributed by atoms with van der Waals surface area (Å²) in [6, 6.07) is 13.8. The summed E-state index contributed by atoms with van der Waals surface area (Å²) in [5.74, 6) is 1.49. The van der Waals surface area contributed by atoms with Crippen LogP contribution in [-0.4, -0.2) is 52.7 Å². The van der Waals surface area contributed by atoms with Crippen LogP contribution in [0.2, 0.25) is 0 Å². The van der Waals surface area contributed by atoms with Gasteiger partial charge in [-0.3, -0.25) is 9.69 Å². The van der Waals surface area contributed by atoms with Gasteiger partial charge < -0.3 is 19.7 Å². The molecule has 0 fully saturated rings. The van der Waals surface area contributed by atoms with Gasteiger partial charge in [-0.2, -0.15) is 0 Å². The summed E-state index contributed by atoms with van der Waals surface area (Å²) >= 11 is 0. The average Bonchev–Trinajstić information content (AvgIpc) is 2.66. The van der Waals surface area contributed by atoms with E-state index in [9.17, 15) is 4.79 Å². The Morgan fingerprint density at radius 3 is 2.30 bits per heavy atom.